The Morgan fingerprint density at radius 3 is 1.84 bits per heavy atom. The minimum atomic E-state index is -4.67. The van der Waals surface area contributed by atoms with Crippen LogP contribution in [0.4, 0.5) is 9.59 Å². The Bertz CT molecular complexity index is 907. The zero-order chi connectivity index (χ0) is 32.3. The minimum absolute atomic E-state index is 0.129. The fraction of sp³-hybridized carbons (Fsp3) is 0.781. The van der Waals surface area contributed by atoms with Gasteiger partial charge in [0.25, 0.3) is 7.82 Å². The molecule has 1 N–H and O–H groups in total. The molecular formula is C32H58N3O8P. The molecule has 0 aliphatic rings. The first-order chi connectivity index (χ1) is 21.2. The number of nitrogens with zero attached hydrogens (tertiary/aromatic N) is 2. The number of carbonyl (C=O) groups is 2. The molecule has 1 aromatic heterocycles. The normalized spacial score (nSPS) is 13.2. The minimum Gasteiger partial charge on any atom is -0.756 e. The first-order valence-electron chi connectivity index (χ1n) is 16.6. The first-order valence-corrected chi connectivity index (χ1v) is 18.0. The van der Waals surface area contributed by atoms with Gasteiger partial charge in [-0.1, -0.05) is 109 Å². The second kappa shape index (κ2) is 26.1. The maximum Gasteiger partial charge on any atom is 0.409 e. The number of rotatable bonds is 27. The number of phosphoric acid groups is 1. The van der Waals surface area contributed by atoms with Crippen LogP contribution in [-0.2, 0) is 29.6 Å². The summed E-state index contributed by atoms with van der Waals surface area (Å²) >= 11 is 0. The quantitative estimate of drug-likeness (QED) is 0.0651. The predicted octanol–water partition coefficient (Wildman–Crippen LogP) is 6.53. The molecule has 0 aliphatic carbocycles. The second-order valence-corrected chi connectivity index (χ2v) is 12.8. The lowest BCUT2D eigenvalue weighted by atomic mass is 10.0. The van der Waals surface area contributed by atoms with Crippen LogP contribution in [0.25, 0.3) is 0 Å². The van der Waals surface area contributed by atoms with Gasteiger partial charge in [0, 0.05) is 32.8 Å². The van der Waals surface area contributed by atoms with E-state index >= 15 is 0 Å². The van der Waals surface area contributed by atoms with E-state index in [1.807, 2.05) is 18.2 Å². The number of hydrogen-bond acceptors (Lipinski definition) is 8. The van der Waals surface area contributed by atoms with Gasteiger partial charge in [-0.15, -0.1) is 0 Å². The smallest absolute Gasteiger partial charge is 0.409 e. The van der Waals surface area contributed by atoms with Crippen molar-refractivity contribution in [3.05, 3.63) is 30.6 Å². The summed E-state index contributed by atoms with van der Waals surface area (Å²) in [6.45, 7) is 1.98. The number of hydrogen-bond donors (Lipinski definition) is 1. The number of aromatic nitrogens is 1. The van der Waals surface area contributed by atoms with Gasteiger partial charge in [-0.05, 0) is 6.42 Å². The Balaban J connectivity index is 2.13. The van der Waals surface area contributed by atoms with Crippen molar-refractivity contribution in [2.75, 3.05) is 40.5 Å². The third kappa shape index (κ3) is 23.2. The molecule has 254 valence electrons. The zero-order valence-electron chi connectivity index (χ0n) is 27.4. The van der Waals surface area contributed by atoms with Crippen molar-refractivity contribution in [3.8, 4) is 0 Å². The molecule has 12 heteroatoms. The molecule has 1 aromatic rings. The molecule has 0 aliphatic heterocycles. The Morgan fingerprint density at radius 2 is 1.32 bits per heavy atom. The highest BCUT2D eigenvalue weighted by molar-refractivity contribution is 7.45. The molecule has 11 nitrogen and oxygen atoms in total. The summed E-state index contributed by atoms with van der Waals surface area (Å²) in [6.07, 6.45) is 21.5. The third-order valence-electron chi connectivity index (χ3n) is 7.13. The van der Waals surface area contributed by atoms with E-state index < -0.39 is 32.7 Å². The second-order valence-electron chi connectivity index (χ2n) is 11.4. The number of amides is 2. The van der Waals surface area contributed by atoms with Crippen LogP contribution in [0.5, 0.6) is 0 Å². The van der Waals surface area contributed by atoms with E-state index in [9.17, 15) is 19.0 Å². The molecule has 0 spiro atoms. The lowest BCUT2D eigenvalue weighted by Gasteiger charge is -2.25. The van der Waals surface area contributed by atoms with E-state index in [-0.39, 0.29) is 13.2 Å². The van der Waals surface area contributed by atoms with Gasteiger partial charge >= 0.3 is 12.2 Å². The predicted molar refractivity (Wildman–Crippen MR) is 169 cm³/mol. The van der Waals surface area contributed by atoms with Crippen molar-refractivity contribution in [1.82, 2.24) is 10.2 Å². The Morgan fingerprint density at radius 1 is 0.795 bits per heavy atom. The highest BCUT2D eigenvalue weighted by atomic mass is 31.2. The number of carbonyl (C=O) groups excluding carboxylic acids is 2. The van der Waals surface area contributed by atoms with E-state index in [1.165, 1.54) is 102 Å². The average molecular weight is 644 g/mol. The number of ether oxygens (including phenoxy) is 2. The van der Waals surface area contributed by atoms with Crippen molar-refractivity contribution in [2.24, 2.45) is 0 Å². The molecule has 1 rings (SSSR count). The van der Waals surface area contributed by atoms with Gasteiger partial charge in [-0.3, -0.25) is 4.57 Å². The summed E-state index contributed by atoms with van der Waals surface area (Å²) in [5.74, 6) is 0. The number of alkyl carbamates (subject to hydrolysis) is 1. The van der Waals surface area contributed by atoms with Gasteiger partial charge in [0.2, 0.25) is 0 Å². The number of unbranched alkanes of at least 4 members (excludes halogenated alkanes) is 15. The van der Waals surface area contributed by atoms with E-state index in [2.05, 4.69) is 12.2 Å². The molecule has 1 heterocycles. The lowest BCUT2D eigenvalue weighted by molar-refractivity contribution is -0.697. The van der Waals surface area contributed by atoms with Crippen LogP contribution in [0, 0.1) is 0 Å². The van der Waals surface area contributed by atoms with E-state index in [4.69, 9.17) is 18.5 Å². The van der Waals surface area contributed by atoms with Crippen molar-refractivity contribution in [3.63, 3.8) is 0 Å². The topological polar surface area (TPSA) is 130 Å². The molecule has 44 heavy (non-hydrogen) atoms. The molecule has 2 atom stereocenters. The summed E-state index contributed by atoms with van der Waals surface area (Å²) in [5, 5.41) is 2.68. The van der Waals surface area contributed by atoms with Gasteiger partial charge in [0.1, 0.15) is 13.2 Å². The van der Waals surface area contributed by atoms with Gasteiger partial charge in [0.15, 0.2) is 25.0 Å². The molecular weight excluding hydrogens is 585 g/mol. The van der Waals surface area contributed by atoms with Crippen molar-refractivity contribution >= 4 is 20.0 Å². The number of nitrogens with one attached hydrogen (secondary N) is 1. The molecule has 0 aromatic carbocycles. The highest BCUT2D eigenvalue weighted by Gasteiger charge is 2.22. The SMILES string of the molecule is CCCCCCCCCCCCCCCCCCNC(=O)OCC(COP(=O)([O-])OCC[n+]1ccccc1)OC(=O)N(C)C. The molecule has 0 saturated heterocycles. The largest absolute Gasteiger partial charge is 0.756 e. The summed E-state index contributed by atoms with van der Waals surface area (Å²) in [4.78, 5) is 37.5. The summed E-state index contributed by atoms with van der Waals surface area (Å²) in [5.41, 5.74) is 0. The number of pyridine rings is 1. The van der Waals surface area contributed by atoms with Crippen LogP contribution >= 0.6 is 7.82 Å². The number of phosphoric ester groups is 1. The fourth-order valence-corrected chi connectivity index (χ4v) is 5.23. The van der Waals surface area contributed by atoms with Crippen LogP contribution < -0.4 is 14.8 Å². The molecule has 0 bridgehead atoms. The van der Waals surface area contributed by atoms with E-state index in [0.717, 1.165) is 19.3 Å². The third-order valence-corrected chi connectivity index (χ3v) is 8.09. The van der Waals surface area contributed by atoms with Crippen LogP contribution in [0.15, 0.2) is 30.6 Å². The molecule has 0 radical (unpaired) electrons. The summed E-state index contributed by atoms with van der Waals surface area (Å²) in [7, 11) is -1.71. The van der Waals surface area contributed by atoms with Gasteiger partial charge in [-0.25, -0.2) is 14.2 Å². The average Bonchev–Trinajstić information content (AvgIpc) is 3.00. The molecule has 0 saturated carbocycles. The fourth-order valence-electron chi connectivity index (χ4n) is 4.50. The summed E-state index contributed by atoms with van der Waals surface area (Å²) < 4.78 is 34.1. The van der Waals surface area contributed by atoms with Crippen molar-refractivity contribution in [2.45, 2.75) is 122 Å². The monoisotopic (exact) mass is 643 g/mol. The van der Waals surface area contributed by atoms with Crippen LogP contribution in [0.1, 0.15) is 110 Å². The van der Waals surface area contributed by atoms with Gasteiger partial charge < -0.3 is 33.6 Å². The van der Waals surface area contributed by atoms with Crippen molar-refractivity contribution < 1.29 is 42.1 Å². The standard InChI is InChI=1S/C32H58N3O8P/c1-4-5-6-7-8-9-10-11-12-13-14-15-16-17-18-20-23-33-31(36)40-28-30(43-32(37)34(2)3)29-42-44(38,39)41-27-26-35-24-21-19-22-25-35/h19,21-22,24-25,30H,4-18,20,23,26-29H2,1-3H3,(H-,33,36,38,39). The van der Waals surface area contributed by atoms with E-state index in [0.29, 0.717) is 13.1 Å². The highest BCUT2D eigenvalue weighted by Crippen LogP contribution is 2.38. The van der Waals surface area contributed by atoms with Gasteiger partial charge in [-0.2, -0.15) is 0 Å². The summed E-state index contributed by atoms with van der Waals surface area (Å²) in [6, 6.07) is 5.47. The zero-order valence-corrected chi connectivity index (χ0v) is 28.3. The van der Waals surface area contributed by atoms with Gasteiger partial charge in [0.05, 0.1) is 6.61 Å². The Hall–Kier alpha value is -2.20. The maximum absolute atomic E-state index is 12.2. The molecule has 2 amide bonds. The molecule has 0 fully saturated rings. The van der Waals surface area contributed by atoms with Crippen LogP contribution in [-0.4, -0.2) is 63.7 Å². The van der Waals surface area contributed by atoms with Crippen LogP contribution in [0.2, 0.25) is 0 Å². The van der Waals surface area contributed by atoms with Crippen molar-refractivity contribution in [1.29, 1.82) is 0 Å². The Kier molecular flexibility index (Phi) is 23.6. The molecule has 2 unspecified atom stereocenters. The lowest BCUT2D eigenvalue weighted by Crippen LogP contribution is -2.36. The Labute approximate surface area is 265 Å². The maximum atomic E-state index is 12.2. The van der Waals surface area contributed by atoms with Crippen LogP contribution in [0.3, 0.4) is 0 Å². The van der Waals surface area contributed by atoms with E-state index in [1.54, 1.807) is 17.0 Å². The first kappa shape index (κ1) is 39.8.